The Labute approximate surface area is 221 Å². The lowest BCUT2D eigenvalue weighted by atomic mass is 10.0. The Morgan fingerprint density at radius 1 is 0.949 bits per heavy atom. The molecule has 0 atom stereocenters. The minimum absolute atomic E-state index is 0.239. The summed E-state index contributed by atoms with van der Waals surface area (Å²) >= 11 is 0. The van der Waals surface area contributed by atoms with E-state index in [1.807, 2.05) is 36.4 Å². The number of aromatic nitrogens is 6. The molecule has 3 heterocycles. The zero-order valence-electron chi connectivity index (χ0n) is 21.1. The first-order chi connectivity index (χ1) is 18.8. The minimum atomic E-state index is -4.49. The van der Waals surface area contributed by atoms with Crippen molar-refractivity contribution in [3.8, 4) is 39.8 Å². The van der Waals surface area contributed by atoms with E-state index in [9.17, 15) is 13.2 Å². The molecule has 0 aliphatic heterocycles. The van der Waals surface area contributed by atoms with Gasteiger partial charge in [0.1, 0.15) is 12.2 Å². The summed E-state index contributed by atoms with van der Waals surface area (Å²) in [4.78, 5) is 17.0. The molecular weight excluding hydrogens is 509 g/mol. The Bertz CT molecular complexity index is 1620. The third kappa shape index (κ3) is 4.99. The second-order valence-corrected chi connectivity index (χ2v) is 9.44. The van der Waals surface area contributed by atoms with Crippen LogP contribution in [0.3, 0.4) is 0 Å². The molecular formula is C28H23F3N6O2. The Kier molecular flexibility index (Phi) is 6.13. The molecule has 5 aromatic rings. The Hall–Kier alpha value is -4.54. The maximum Gasteiger partial charge on any atom is 0.434 e. The fourth-order valence-corrected chi connectivity index (χ4v) is 4.52. The zero-order chi connectivity index (χ0) is 27.1. The summed E-state index contributed by atoms with van der Waals surface area (Å²) in [5.41, 5.74) is 4.18. The fraction of sp³-hybridized carbons (Fsp3) is 0.250. The van der Waals surface area contributed by atoms with Gasteiger partial charge in [0.05, 0.1) is 18.4 Å². The standard InChI is InChI=1S/C28H23F3N6O2/c1-37-14-21(28(29,30)31)34-25(37)19-5-3-16(4-6-19)13-22-35-26(39-36-22)20-11-7-17(8-12-20)23-24(18-9-10-18)32-15-33-27(23)38-2/h3-8,11-12,14-15,18H,9-10,13H2,1-2H3. The number of halogens is 3. The van der Waals surface area contributed by atoms with Crippen molar-refractivity contribution in [3.63, 3.8) is 0 Å². The first-order valence-corrected chi connectivity index (χ1v) is 12.3. The van der Waals surface area contributed by atoms with Crippen LogP contribution in [-0.2, 0) is 19.6 Å². The summed E-state index contributed by atoms with van der Waals surface area (Å²) in [6.07, 6.45) is 0.656. The van der Waals surface area contributed by atoms with Crippen molar-refractivity contribution in [2.45, 2.75) is 31.4 Å². The summed E-state index contributed by atoms with van der Waals surface area (Å²) in [5.74, 6) is 2.11. The lowest BCUT2D eigenvalue weighted by molar-refractivity contribution is -0.140. The van der Waals surface area contributed by atoms with Gasteiger partial charge in [-0.2, -0.15) is 18.2 Å². The van der Waals surface area contributed by atoms with Gasteiger partial charge in [-0.3, -0.25) is 0 Å². The highest BCUT2D eigenvalue weighted by Crippen LogP contribution is 2.45. The maximum absolute atomic E-state index is 13.0. The van der Waals surface area contributed by atoms with E-state index in [0.29, 0.717) is 35.5 Å². The van der Waals surface area contributed by atoms with E-state index in [4.69, 9.17) is 9.26 Å². The molecule has 3 aromatic heterocycles. The number of rotatable bonds is 7. The lowest BCUT2D eigenvalue weighted by Crippen LogP contribution is -2.04. The lowest BCUT2D eigenvalue weighted by Gasteiger charge is -2.12. The predicted octanol–water partition coefficient (Wildman–Crippen LogP) is 6.09. The second kappa shape index (κ2) is 9.64. The van der Waals surface area contributed by atoms with Crippen molar-refractivity contribution in [1.29, 1.82) is 0 Å². The maximum atomic E-state index is 13.0. The quantitative estimate of drug-likeness (QED) is 0.251. The molecule has 1 saturated carbocycles. The molecule has 39 heavy (non-hydrogen) atoms. The number of hydrogen-bond donors (Lipinski definition) is 0. The minimum Gasteiger partial charge on any atom is -0.480 e. The first-order valence-electron chi connectivity index (χ1n) is 12.3. The molecule has 0 spiro atoms. The third-order valence-electron chi connectivity index (χ3n) is 6.63. The number of methoxy groups -OCH3 is 1. The molecule has 1 fully saturated rings. The molecule has 11 heteroatoms. The fourth-order valence-electron chi connectivity index (χ4n) is 4.52. The molecule has 0 bridgehead atoms. The van der Waals surface area contributed by atoms with Gasteiger partial charge in [-0.15, -0.1) is 0 Å². The highest BCUT2D eigenvalue weighted by Gasteiger charge is 2.34. The van der Waals surface area contributed by atoms with E-state index in [2.05, 4.69) is 25.1 Å². The van der Waals surface area contributed by atoms with Crippen LogP contribution in [0.25, 0.3) is 34.0 Å². The SMILES string of the molecule is COc1ncnc(C2CC2)c1-c1ccc(-c2nc(Cc3ccc(-c4nc(C(F)(F)F)cn4C)cc3)no2)cc1. The molecule has 0 amide bonds. The zero-order valence-corrected chi connectivity index (χ0v) is 21.1. The van der Waals surface area contributed by atoms with Gasteiger partial charge in [0, 0.05) is 36.7 Å². The Balaban J connectivity index is 1.18. The number of nitrogens with zero attached hydrogens (tertiary/aromatic N) is 6. The number of alkyl halides is 3. The summed E-state index contributed by atoms with van der Waals surface area (Å²) in [6.45, 7) is 0. The second-order valence-electron chi connectivity index (χ2n) is 9.44. The van der Waals surface area contributed by atoms with E-state index < -0.39 is 11.9 Å². The van der Waals surface area contributed by atoms with Crippen molar-refractivity contribution in [3.05, 3.63) is 83.8 Å². The number of benzene rings is 2. The highest BCUT2D eigenvalue weighted by molar-refractivity contribution is 5.74. The average molecular weight is 533 g/mol. The van der Waals surface area contributed by atoms with E-state index in [1.54, 1.807) is 25.6 Å². The highest BCUT2D eigenvalue weighted by atomic mass is 19.4. The summed E-state index contributed by atoms with van der Waals surface area (Å²) in [5, 5.41) is 4.10. The van der Waals surface area contributed by atoms with Crippen molar-refractivity contribution in [2.24, 2.45) is 7.05 Å². The molecule has 2 aromatic carbocycles. The molecule has 6 rings (SSSR count). The van der Waals surface area contributed by atoms with Crippen LogP contribution in [-0.4, -0.2) is 36.8 Å². The molecule has 1 aliphatic carbocycles. The van der Waals surface area contributed by atoms with Gasteiger partial charge in [-0.05, 0) is 36.1 Å². The number of imidazole rings is 1. The summed E-state index contributed by atoms with van der Waals surface area (Å²) in [6, 6.07) is 14.8. The van der Waals surface area contributed by atoms with E-state index >= 15 is 0 Å². The number of ether oxygens (including phenoxy) is 1. The Morgan fingerprint density at radius 3 is 2.28 bits per heavy atom. The van der Waals surface area contributed by atoms with Gasteiger partial charge in [0.2, 0.25) is 5.88 Å². The molecule has 8 nitrogen and oxygen atoms in total. The molecule has 0 N–H and O–H groups in total. The van der Waals surface area contributed by atoms with E-state index in [-0.39, 0.29) is 5.82 Å². The average Bonchev–Trinajstić information content (AvgIpc) is 3.55. The number of hydrogen-bond acceptors (Lipinski definition) is 7. The topological polar surface area (TPSA) is 91.8 Å². The van der Waals surface area contributed by atoms with Gasteiger partial charge in [-0.25, -0.2) is 15.0 Å². The van der Waals surface area contributed by atoms with Crippen LogP contribution in [0.4, 0.5) is 13.2 Å². The van der Waals surface area contributed by atoms with Gasteiger partial charge >= 0.3 is 6.18 Å². The smallest absolute Gasteiger partial charge is 0.434 e. The van der Waals surface area contributed by atoms with Gasteiger partial charge in [-0.1, -0.05) is 41.6 Å². The molecule has 0 unspecified atom stereocenters. The van der Waals surface area contributed by atoms with Crippen LogP contribution < -0.4 is 4.74 Å². The van der Waals surface area contributed by atoms with Gasteiger partial charge in [0.15, 0.2) is 11.5 Å². The largest absolute Gasteiger partial charge is 0.480 e. The summed E-state index contributed by atoms with van der Waals surface area (Å²) < 4.78 is 51.4. The molecule has 0 saturated heterocycles. The molecule has 198 valence electrons. The van der Waals surface area contributed by atoms with Gasteiger partial charge in [0.25, 0.3) is 5.89 Å². The normalized spacial score (nSPS) is 13.6. The monoisotopic (exact) mass is 532 g/mol. The van der Waals surface area contributed by atoms with Crippen molar-refractivity contribution in [2.75, 3.05) is 7.11 Å². The van der Waals surface area contributed by atoms with Crippen LogP contribution >= 0.6 is 0 Å². The predicted molar refractivity (Wildman–Crippen MR) is 136 cm³/mol. The van der Waals surface area contributed by atoms with Crippen LogP contribution in [0, 0.1) is 0 Å². The molecule has 0 radical (unpaired) electrons. The number of aryl methyl sites for hydroxylation is 1. The van der Waals surface area contributed by atoms with Crippen LogP contribution in [0.5, 0.6) is 5.88 Å². The summed E-state index contributed by atoms with van der Waals surface area (Å²) in [7, 11) is 3.14. The molecule has 1 aliphatic rings. The van der Waals surface area contributed by atoms with Crippen LogP contribution in [0.15, 0.2) is 65.6 Å². The van der Waals surface area contributed by atoms with Crippen LogP contribution in [0.1, 0.15) is 41.5 Å². The third-order valence-corrected chi connectivity index (χ3v) is 6.63. The van der Waals surface area contributed by atoms with Gasteiger partial charge < -0.3 is 13.8 Å². The Morgan fingerprint density at radius 2 is 1.64 bits per heavy atom. The first kappa shape index (κ1) is 24.8. The van der Waals surface area contributed by atoms with Crippen LogP contribution in [0.2, 0.25) is 0 Å². The van der Waals surface area contributed by atoms with Crippen molar-refractivity contribution in [1.82, 2.24) is 29.7 Å². The van der Waals surface area contributed by atoms with E-state index in [1.165, 1.54) is 11.6 Å². The van der Waals surface area contributed by atoms with E-state index in [0.717, 1.165) is 47.0 Å². The van der Waals surface area contributed by atoms with Crippen molar-refractivity contribution < 1.29 is 22.4 Å². The van der Waals surface area contributed by atoms with Crippen molar-refractivity contribution >= 4 is 0 Å².